The maximum atomic E-state index is 2.40. The Bertz CT molecular complexity index is 2500. The molecule has 0 N–H and O–H groups in total. The van der Waals surface area contributed by atoms with Crippen LogP contribution < -0.4 is 0 Å². The maximum Gasteiger partial charge on any atom is -0.00201 e. The van der Waals surface area contributed by atoms with Gasteiger partial charge < -0.3 is 0 Å². The zero-order valence-electron chi connectivity index (χ0n) is 25.3. The van der Waals surface area contributed by atoms with Gasteiger partial charge in [-0.1, -0.05) is 176 Å². The Balaban J connectivity index is 1.29. The van der Waals surface area contributed by atoms with Gasteiger partial charge in [0.2, 0.25) is 0 Å². The first kappa shape index (κ1) is 26.4. The quantitative estimate of drug-likeness (QED) is 0.143. The predicted molar refractivity (Wildman–Crippen MR) is 198 cm³/mol. The molecule has 0 spiro atoms. The molecule has 0 bridgehead atoms. The SMILES string of the molecule is c1ccc(-c2ccc(-c3ccccc3-c3c4ccccc4c(-c4ccc5ccc6ccccc6c5c4)c4ccccc34)cc2)cc1. The van der Waals surface area contributed by atoms with Gasteiger partial charge in [0.1, 0.15) is 0 Å². The van der Waals surface area contributed by atoms with E-state index in [-0.39, 0.29) is 0 Å². The van der Waals surface area contributed by atoms with Crippen LogP contribution in [0.25, 0.3) is 87.6 Å². The van der Waals surface area contributed by atoms with Crippen LogP contribution >= 0.6 is 0 Å². The Morgan fingerprint density at radius 3 is 1.33 bits per heavy atom. The van der Waals surface area contributed by atoms with E-state index in [0.29, 0.717) is 0 Å². The van der Waals surface area contributed by atoms with E-state index in [1.54, 1.807) is 0 Å². The fourth-order valence-corrected chi connectivity index (χ4v) is 7.31. The van der Waals surface area contributed by atoms with Crippen molar-refractivity contribution in [3.63, 3.8) is 0 Å². The summed E-state index contributed by atoms with van der Waals surface area (Å²) in [5.74, 6) is 0. The van der Waals surface area contributed by atoms with E-state index < -0.39 is 0 Å². The van der Waals surface area contributed by atoms with Gasteiger partial charge in [-0.25, -0.2) is 0 Å². The molecule has 214 valence electrons. The second-order valence-electron chi connectivity index (χ2n) is 12.1. The number of hydrogen-bond donors (Lipinski definition) is 0. The zero-order chi connectivity index (χ0) is 30.5. The minimum Gasteiger partial charge on any atom is -0.0622 e. The molecule has 0 aliphatic carbocycles. The van der Waals surface area contributed by atoms with Gasteiger partial charge in [-0.05, 0) is 93.7 Å². The van der Waals surface area contributed by atoms with Gasteiger partial charge in [0, 0.05) is 0 Å². The average Bonchev–Trinajstić information content (AvgIpc) is 3.14. The standard InChI is InChI=1S/C46H30/c1-2-12-31(13-3-1)32-22-24-34(25-23-32)37-15-6-7-17-39(37)46-42-20-10-8-18-40(42)45(41-19-9-11-21-43(41)46)36-29-28-35-27-26-33-14-4-5-16-38(33)44(35)30-36/h1-30H. The molecular weight excluding hydrogens is 553 g/mol. The lowest BCUT2D eigenvalue weighted by molar-refractivity contribution is 1.58. The topological polar surface area (TPSA) is 0 Å². The predicted octanol–water partition coefficient (Wildman–Crippen LogP) is 13.0. The van der Waals surface area contributed by atoms with E-state index in [2.05, 4.69) is 182 Å². The number of hydrogen-bond acceptors (Lipinski definition) is 0. The maximum absolute atomic E-state index is 2.40. The number of benzene rings is 9. The van der Waals surface area contributed by atoms with Crippen LogP contribution in [0.5, 0.6) is 0 Å². The Morgan fingerprint density at radius 2 is 0.652 bits per heavy atom. The summed E-state index contributed by atoms with van der Waals surface area (Å²) in [6, 6.07) is 66.5. The van der Waals surface area contributed by atoms with Crippen molar-refractivity contribution in [2.45, 2.75) is 0 Å². The second-order valence-corrected chi connectivity index (χ2v) is 12.1. The van der Waals surface area contributed by atoms with Crippen LogP contribution in [0, 0.1) is 0 Å². The first-order valence-corrected chi connectivity index (χ1v) is 15.9. The van der Waals surface area contributed by atoms with Crippen LogP contribution in [0.1, 0.15) is 0 Å². The average molecular weight is 583 g/mol. The van der Waals surface area contributed by atoms with Crippen molar-refractivity contribution < 1.29 is 0 Å². The number of fused-ring (bicyclic) bond motifs is 5. The molecule has 0 nitrogen and oxygen atoms in total. The van der Waals surface area contributed by atoms with Crippen molar-refractivity contribution in [1.82, 2.24) is 0 Å². The Kier molecular flexibility index (Phi) is 6.25. The molecule has 0 aromatic heterocycles. The fourth-order valence-electron chi connectivity index (χ4n) is 7.31. The summed E-state index contributed by atoms with van der Waals surface area (Å²) in [6.45, 7) is 0. The highest BCUT2D eigenvalue weighted by molar-refractivity contribution is 6.23. The highest BCUT2D eigenvalue weighted by Gasteiger charge is 2.19. The van der Waals surface area contributed by atoms with Crippen LogP contribution in [-0.2, 0) is 0 Å². The molecule has 46 heavy (non-hydrogen) atoms. The number of rotatable bonds is 4. The van der Waals surface area contributed by atoms with Gasteiger partial charge in [-0.15, -0.1) is 0 Å². The van der Waals surface area contributed by atoms with Crippen molar-refractivity contribution >= 4 is 43.1 Å². The third-order valence-corrected chi connectivity index (χ3v) is 9.47. The van der Waals surface area contributed by atoms with E-state index >= 15 is 0 Å². The molecule has 0 heterocycles. The minimum absolute atomic E-state index is 1.22. The summed E-state index contributed by atoms with van der Waals surface area (Å²) in [7, 11) is 0. The molecule has 0 heteroatoms. The Hall–Kier alpha value is -5.98. The first-order chi connectivity index (χ1) is 22.8. The molecular formula is C46H30. The molecule has 0 amide bonds. The largest absolute Gasteiger partial charge is 0.0622 e. The lowest BCUT2D eigenvalue weighted by Gasteiger charge is -2.20. The summed E-state index contributed by atoms with van der Waals surface area (Å²) in [5.41, 5.74) is 9.97. The zero-order valence-corrected chi connectivity index (χ0v) is 25.3. The van der Waals surface area contributed by atoms with Gasteiger partial charge in [-0.3, -0.25) is 0 Å². The van der Waals surface area contributed by atoms with E-state index in [0.717, 1.165) is 0 Å². The van der Waals surface area contributed by atoms with Crippen molar-refractivity contribution in [1.29, 1.82) is 0 Å². The van der Waals surface area contributed by atoms with Crippen LogP contribution in [0.3, 0.4) is 0 Å². The first-order valence-electron chi connectivity index (χ1n) is 15.9. The molecule has 0 atom stereocenters. The molecule has 0 aliphatic rings. The summed E-state index contributed by atoms with van der Waals surface area (Å²) < 4.78 is 0. The molecule has 9 aromatic rings. The van der Waals surface area contributed by atoms with Crippen molar-refractivity contribution in [2.75, 3.05) is 0 Å². The third-order valence-electron chi connectivity index (χ3n) is 9.47. The van der Waals surface area contributed by atoms with Crippen molar-refractivity contribution in [3.8, 4) is 44.5 Å². The van der Waals surface area contributed by atoms with E-state index in [1.165, 1.54) is 87.6 Å². The molecule has 0 saturated heterocycles. The summed E-state index contributed by atoms with van der Waals surface area (Å²) >= 11 is 0. The molecule has 0 radical (unpaired) electrons. The minimum atomic E-state index is 1.22. The summed E-state index contributed by atoms with van der Waals surface area (Å²) in [6.07, 6.45) is 0. The van der Waals surface area contributed by atoms with Crippen LogP contribution in [-0.4, -0.2) is 0 Å². The molecule has 0 aliphatic heterocycles. The van der Waals surface area contributed by atoms with Gasteiger partial charge in [0.25, 0.3) is 0 Å². The summed E-state index contributed by atoms with van der Waals surface area (Å²) in [4.78, 5) is 0. The highest BCUT2D eigenvalue weighted by Crippen LogP contribution is 2.46. The van der Waals surface area contributed by atoms with Crippen LogP contribution in [0.15, 0.2) is 182 Å². The molecule has 9 rings (SSSR count). The highest BCUT2D eigenvalue weighted by atomic mass is 14.2. The normalized spacial score (nSPS) is 11.5. The van der Waals surface area contributed by atoms with Crippen molar-refractivity contribution in [3.05, 3.63) is 182 Å². The van der Waals surface area contributed by atoms with Gasteiger partial charge in [-0.2, -0.15) is 0 Å². The Labute approximate surface area is 268 Å². The monoisotopic (exact) mass is 582 g/mol. The van der Waals surface area contributed by atoms with E-state index in [1.807, 2.05) is 0 Å². The van der Waals surface area contributed by atoms with E-state index in [4.69, 9.17) is 0 Å². The Morgan fingerprint density at radius 1 is 0.217 bits per heavy atom. The lowest BCUT2D eigenvalue weighted by Crippen LogP contribution is -1.93. The van der Waals surface area contributed by atoms with Gasteiger partial charge in [0.15, 0.2) is 0 Å². The van der Waals surface area contributed by atoms with Gasteiger partial charge >= 0.3 is 0 Å². The van der Waals surface area contributed by atoms with Crippen LogP contribution in [0.2, 0.25) is 0 Å². The summed E-state index contributed by atoms with van der Waals surface area (Å²) in [5, 5.41) is 10.2. The van der Waals surface area contributed by atoms with Gasteiger partial charge in [0.05, 0.1) is 0 Å². The fraction of sp³-hybridized carbons (Fsp3) is 0. The lowest BCUT2D eigenvalue weighted by atomic mass is 9.83. The molecule has 0 fully saturated rings. The molecule has 0 unspecified atom stereocenters. The molecule has 9 aromatic carbocycles. The van der Waals surface area contributed by atoms with E-state index in [9.17, 15) is 0 Å². The third kappa shape index (κ3) is 4.30. The van der Waals surface area contributed by atoms with Crippen LogP contribution in [0.4, 0.5) is 0 Å². The van der Waals surface area contributed by atoms with Crippen molar-refractivity contribution in [2.24, 2.45) is 0 Å². The second kappa shape index (κ2) is 10.9. The smallest absolute Gasteiger partial charge is 0.00201 e. The molecule has 0 saturated carbocycles.